The monoisotopic (exact) mass is 257 g/mol. The molecule has 0 spiro atoms. The molecule has 0 saturated heterocycles. The van der Waals surface area contributed by atoms with Crippen molar-refractivity contribution in [3.8, 4) is 11.6 Å². The van der Waals surface area contributed by atoms with Gasteiger partial charge in [-0.05, 0) is 12.1 Å². The summed E-state index contributed by atoms with van der Waals surface area (Å²) in [6.07, 6.45) is 1.26. The Morgan fingerprint density at radius 2 is 2.26 bits per heavy atom. The van der Waals surface area contributed by atoms with Crippen LogP contribution in [0, 0.1) is 0 Å². The van der Waals surface area contributed by atoms with E-state index in [9.17, 15) is 4.79 Å². The van der Waals surface area contributed by atoms with E-state index in [1.165, 1.54) is 13.5 Å². The molecule has 0 radical (unpaired) electrons. The summed E-state index contributed by atoms with van der Waals surface area (Å²) >= 11 is 0. The number of esters is 1. The van der Waals surface area contributed by atoms with Crippen LogP contribution in [0.3, 0.4) is 0 Å². The van der Waals surface area contributed by atoms with Gasteiger partial charge in [0.05, 0.1) is 7.11 Å². The maximum atomic E-state index is 11.5. The molecular weight excluding hydrogens is 246 g/mol. The van der Waals surface area contributed by atoms with Gasteiger partial charge in [-0.3, -0.25) is 4.79 Å². The number of para-hydroxylation sites is 1. The van der Waals surface area contributed by atoms with E-state index < -0.39 is 0 Å². The number of ether oxygens (including phenoxy) is 1. The van der Waals surface area contributed by atoms with Crippen LogP contribution in [0.5, 0.6) is 0 Å². The van der Waals surface area contributed by atoms with Gasteiger partial charge in [0.1, 0.15) is 12.2 Å². The van der Waals surface area contributed by atoms with Crippen molar-refractivity contribution in [2.24, 2.45) is 0 Å². The predicted molar refractivity (Wildman–Crippen MR) is 67.2 cm³/mol. The van der Waals surface area contributed by atoms with Crippen LogP contribution in [-0.4, -0.2) is 27.8 Å². The summed E-state index contributed by atoms with van der Waals surface area (Å²) in [4.78, 5) is 11.5. The molecule has 0 amide bonds. The summed E-state index contributed by atoms with van der Waals surface area (Å²) in [5.41, 5.74) is 1.62. The highest BCUT2D eigenvalue weighted by Crippen LogP contribution is 2.26. The molecule has 3 rings (SSSR count). The average Bonchev–Trinajstić information content (AvgIpc) is 3.06. The Labute approximate surface area is 108 Å². The fraction of sp³-hybridized carbons (Fsp3) is 0.154. The van der Waals surface area contributed by atoms with E-state index >= 15 is 0 Å². The Bertz CT molecular complexity index is 716. The zero-order valence-corrected chi connectivity index (χ0v) is 10.2. The standard InChI is InChI=1S/C13H11N3O3/c1-18-12(17)7-16-10-5-3-2-4-9(10)6-11(16)13-15-14-8-19-13/h2-6,8H,7H2,1H3. The van der Waals surface area contributed by atoms with E-state index in [0.29, 0.717) is 11.6 Å². The van der Waals surface area contributed by atoms with Crippen molar-refractivity contribution in [3.05, 3.63) is 36.7 Å². The number of carbonyl (C=O) groups is 1. The van der Waals surface area contributed by atoms with E-state index in [4.69, 9.17) is 9.15 Å². The maximum Gasteiger partial charge on any atom is 0.325 e. The summed E-state index contributed by atoms with van der Waals surface area (Å²) in [7, 11) is 1.36. The number of fused-ring (bicyclic) bond motifs is 1. The lowest BCUT2D eigenvalue weighted by atomic mass is 10.2. The minimum Gasteiger partial charge on any atom is -0.468 e. The normalized spacial score (nSPS) is 10.8. The first-order chi connectivity index (χ1) is 9.29. The Hall–Kier alpha value is -2.63. The van der Waals surface area contributed by atoms with Gasteiger partial charge in [-0.1, -0.05) is 18.2 Å². The second kappa shape index (κ2) is 4.56. The number of aromatic nitrogens is 3. The van der Waals surface area contributed by atoms with Crippen molar-refractivity contribution in [2.75, 3.05) is 7.11 Å². The number of carbonyl (C=O) groups excluding carboxylic acids is 1. The summed E-state index contributed by atoms with van der Waals surface area (Å²) in [6, 6.07) is 9.64. The average molecular weight is 257 g/mol. The minimum absolute atomic E-state index is 0.0989. The number of hydrogen-bond acceptors (Lipinski definition) is 5. The van der Waals surface area contributed by atoms with Crippen LogP contribution in [0.4, 0.5) is 0 Å². The third kappa shape index (κ3) is 1.97. The molecule has 2 heterocycles. The van der Waals surface area contributed by atoms with E-state index in [2.05, 4.69) is 10.2 Å². The fourth-order valence-corrected chi connectivity index (χ4v) is 2.04. The lowest BCUT2D eigenvalue weighted by molar-refractivity contribution is -0.141. The molecular formula is C13H11N3O3. The Balaban J connectivity index is 2.19. The number of methoxy groups -OCH3 is 1. The van der Waals surface area contributed by atoms with Gasteiger partial charge >= 0.3 is 5.97 Å². The van der Waals surface area contributed by atoms with Crippen molar-refractivity contribution >= 4 is 16.9 Å². The van der Waals surface area contributed by atoms with E-state index in [0.717, 1.165) is 10.9 Å². The quantitative estimate of drug-likeness (QED) is 0.670. The molecule has 0 N–H and O–H groups in total. The highest BCUT2D eigenvalue weighted by atomic mass is 16.5. The number of hydrogen-bond donors (Lipinski definition) is 0. The Morgan fingerprint density at radius 3 is 3.00 bits per heavy atom. The summed E-state index contributed by atoms with van der Waals surface area (Å²) in [5, 5.41) is 8.55. The van der Waals surface area contributed by atoms with Crippen LogP contribution in [-0.2, 0) is 16.1 Å². The number of rotatable bonds is 3. The molecule has 19 heavy (non-hydrogen) atoms. The number of benzene rings is 1. The van der Waals surface area contributed by atoms with Crippen molar-refractivity contribution in [3.63, 3.8) is 0 Å². The second-order valence-corrected chi connectivity index (χ2v) is 3.99. The lowest BCUT2D eigenvalue weighted by Crippen LogP contribution is -2.12. The molecule has 0 aliphatic heterocycles. The van der Waals surface area contributed by atoms with Gasteiger partial charge in [0.25, 0.3) is 5.89 Å². The van der Waals surface area contributed by atoms with Crippen LogP contribution >= 0.6 is 0 Å². The molecule has 0 aliphatic rings. The molecule has 2 aromatic heterocycles. The lowest BCUT2D eigenvalue weighted by Gasteiger charge is -2.06. The Kier molecular flexibility index (Phi) is 2.75. The number of nitrogens with zero attached hydrogens (tertiary/aromatic N) is 3. The zero-order chi connectivity index (χ0) is 13.2. The van der Waals surface area contributed by atoms with E-state index in [1.54, 1.807) is 4.57 Å². The van der Waals surface area contributed by atoms with Crippen molar-refractivity contribution in [1.29, 1.82) is 0 Å². The summed E-state index contributed by atoms with van der Waals surface area (Å²) in [5.74, 6) is 0.0437. The maximum absolute atomic E-state index is 11.5. The largest absolute Gasteiger partial charge is 0.468 e. The molecule has 6 heteroatoms. The molecule has 6 nitrogen and oxygen atoms in total. The van der Waals surface area contributed by atoms with Crippen molar-refractivity contribution in [2.45, 2.75) is 6.54 Å². The third-order valence-electron chi connectivity index (χ3n) is 2.90. The molecule has 0 saturated carbocycles. The van der Waals surface area contributed by atoms with E-state index in [-0.39, 0.29) is 12.5 Å². The Morgan fingerprint density at radius 1 is 1.42 bits per heavy atom. The van der Waals surface area contributed by atoms with Gasteiger partial charge in [0.15, 0.2) is 0 Å². The first-order valence-corrected chi connectivity index (χ1v) is 5.71. The summed E-state index contributed by atoms with van der Waals surface area (Å²) in [6.45, 7) is 0.0989. The summed E-state index contributed by atoms with van der Waals surface area (Å²) < 4.78 is 11.7. The van der Waals surface area contributed by atoms with Crippen LogP contribution in [0.15, 0.2) is 41.1 Å². The highest BCUT2D eigenvalue weighted by molar-refractivity contribution is 5.87. The molecule has 3 aromatic rings. The van der Waals surface area contributed by atoms with Crippen molar-refractivity contribution in [1.82, 2.24) is 14.8 Å². The van der Waals surface area contributed by atoms with Gasteiger partial charge in [0, 0.05) is 10.9 Å². The topological polar surface area (TPSA) is 70.2 Å². The van der Waals surface area contributed by atoms with Gasteiger partial charge in [-0.15, -0.1) is 10.2 Å². The minimum atomic E-state index is -0.331. The molecule has 0 bridgehead atoms. The molecule has 0 fully saturated rings. The van der Waals surface area contributed by atoms with Crippen LogP contribution in [0.2, 0.25) is 0 Å². The van der Waals surface area contributed by atoms with E-state index in [1.807, 2.05) is 30.3 Å². The first-order valence-electron chi connectivity index (χ1n) is 5.71. The van der Waals surface area contributed by atoms with Crippen molar-refractivity contribution < 1.29 is 13.9 Å². The molecule has 0 unspecified atom stereocenters. The van der Waals surface area contributed by atoms with Gasteiger partial charge in [0.2, 0.25) is 6.39 Å². The SMILES string of the molecule is COC(=O)Cn1c(-c2nnco2)cc2ccccc21. The zero-order valence-electron chi connectivity index (χ0n) is 10.2. The first kappa shape index (κ1) is 11.5. The fourth-order valence-electron chi connectivity index (χ4n) is 2.04. The smallest absolute Gasteiger partial charge is 0.325 e. The van der Waals surface area contributed by atoms with Crippen LogP contribution in [0.25, 0.3) is 22.5 Å². The highest BCUT2D eigenvalue weighted by Gasteiger charge is 2.16. The van der Waals surface area contributed by atoms with Gasteiger partial charge in [-0.2, -0.15) is 0 Å². The second-order valence-electron chi connectivity index (χ2n) is 3.99. The van der Waals surface area contributed by atoms with Gasteiger partial charge < -0.3 is 13.7 Å². The molecule has 1 aromatic carbocycles. The van der Waals surface area contributed by atoms with Crippen LogP contribution in [0.1, 0.15) is 0 Å². The molecule has 0 atom stereocenters. The van der Waals surface area contributed by atoms with Crippen LogP contribution < -0.4 is 0 Å². The molecule has 0 aliphatic carbocycles. The third-order valence-corrected chi connectivity index (χ3v) is 2.90. The van der Waals surface area contributed by atoms with Gasteiger partial charge in [-0.25, -0.2) is 0 Å². The molecule has 96 valence electrons. The predicted octanol–water partition coefficient (Wildman–Crippen LogP) is 1.86.